The average Bonchev–Trinajstić information content (AvgIpc) is 2.67. The summed E-state index contributed by atoms with van der Waals surface area (Å²) in [5.41, 5.74) is 6.58. The Kier molecular flexibility index (Phi) is 5.33. The standard InChI is InChI=1S/C22H21N3/c1-17-2-10-21(11-3-17)24-15-19-4-6-20(7-5-19)16-25-22-12-8-18(14-23)9-13-22/h2-13,24-25H,15-16H2,1H3. The first-order valence-electron chi connectivity index (χ1n) is 8.35. The van der Waals surface area contributed by atoms with Crippen molar-refractivity contribution in [2.24, 2.45) is 0 Å². The number of aryl methyl sites for hydroxylation is 1. The lowest BCUT2D eigenvalue weighted by molar-refractivity contribution is 1.11. The lowest BCUT2D eigenvalue weighted by atomic mass is 10.1. The quantitative estimate of drug-likeness (QED) is 0.663. The van der Waals surface area contributed by atoms with Gasteiger partial charge in [0.2, 0.25) is 0 Å². The van der Waals surface area contributed by atoms with Gasteiger partial charge in [0.25, 0.3) is 0 Å². The van der Waals surface area contributed by atoms with Crippen molar-refractivity contribution in [2.75, 3.05) is 10.6 Å². The molecule has 0 unspecified atom stereocenters. The van der Waals surface area contributed by atoms with Crippen LogP contribution in [0.25, 0.3) is 0 Å². The number of rotatable bonds is 6. The normalized spacial score (nSPS) is 10.1. The molecule has 3 nitrogen and oxygen atoms in total. The SMILES string of the molecule is Cc1ccc(NCc2ccc(CNc3ccc(C#N)cc3)cc2)cc1. The van der Waals surface area contributed by atoms with E-state index in [1.807, 2.05) is 24.3 Å². The number of hydrogen-bond acceptors (Lipinski definition) is 3. The molecule has 0 radical (unpaired) electrons. The molecule has 3 heteroatoms. The highest BCUT2D eigenvalue weighted by atomic mass is 14.9. The van der Waals surface area contributed by atoms with Gasteiger partial charge in [0.15, 0.2) is 0 Å². The van der Waals surface area contributed by atoms with Gasteiger partial charge in [0, 0.05) is 24.5 Å². The summed E-state index contributed by atoms with van der Waals surface area (Å²) in [6.07, 6.45) is 0. The Morgan fingerprint density at radius 2 is 1.12 bits per heavy atom. The predicted molar refractivity (Wildman–Crippen MR) is 103 cm³/mol. The molecule has 25 heavy (non-hydrogen) atoms. The van der Waals surface area contributed by atoms with Crippen LogP contribution in [0.2, 0.25) is 0 Å². The summed E-state index contributed by atoms with van der Waals surface area (Å²) in [5.74, 6) is 0. The molecule has 2 N–H and O–H groups in total. The van der Waals surface area contributed by atoms with Crippen molar-refractivity contribution in [3.05, 3.63) is 95.1 Å². The van der Waals surface area contributed by atoms with E-state index >= 15 is 0 Å². The number of anilines is 2. The average molecular weight is 327 g/mol. The fourth-order valence-corrected chi connectivity index (χ4v) is 2.52. The van der Waals surface area contributed by atoms with Crippen molar-refractivity contribution in [2.45, 2.75) is 20.0 Å². The first-order chi connectivity index (χ1) is 12.2. The van der Waals surface area contributed by atoms with E-state index in [0.29, 0.717) is 5.56 Å². The second kappa shape index (κ2) is 8.03. The van der Waals surface area contributed by atoms with Crippen LogP contribution in [0.15, 0.2) is 72.8 Å². The first kappa shape index (κ1) is 16.6. The zero-order valence-corrected chi connectivity index (χ0v) is 14.3. The molecule has 0 amide bonds. The monoisotopic (exact) mass is 327 g/mol. The second-order valence-electron chi connectivity index (χ2n) is 6.08. The molecule has 0 aliphatic rings. The van der Waals surface area contributed by atoms with E-state index in [1.54, 1.807) is 0 Å². The molecule has 0 aromatic heterocycles. The summed E-state index contributed by atoms with van der Waals surface area (Å²) < 4.78 is 0. The maximum Gasteiger partial charge on any atom is 0.0991 e. The largest absolute Gasteiger partial charge is 0.381 e. The van der Waals surface area contributed by atoms with Crippen molar-refractivity contribution < 1.29 is 0 Å². The van der Waals surface area contributed by atoms with E-state index in [0.717, 1.165) is 24.5 Å². The highest BCUT2D eigenvalue weighted by Crippen LogP contribution is 2.13. The van der Waals surface area contributed by atoms with Gasteiger partial charge in [-0.1, -0.05) is 42.0 Å². The lowest BCUT2D eigenvalue weighted by Crippen LogP contribution is -2.01. The third-order valence-corrected chi connectivity index (χ3v) is 4.08. The van der Waals surface area contributed by atoms with Crippen LogP contribution in [0.1, 0.15) is 22.3 Å². The van der Waals surface area contributed by atoms with Crippen LogP contribution in [0.3, 0.4) is 0 Å². The molecule has 0 aliphatic heterocycles. The molecule has 0 fully saturated rings. The van der Waals surface area contributed by atoms with Crippen molar-refractivity contribution in [1.82, 2.24) is 0 Å². The number of nitriles is 1. The summed E-state index contributed by atoms with van der Waals surface area (Å²) in [5, 5.41) is 15.6. The smallest absolute Gasteiger partial charge is 0.0991 e. The first-order valence-corrected chi connectivity index (χ1v) is 8.35. The van der Waals surface area contributed by atoms with Crippen LogP contribution in [0.5, 0.6) is 0 Å². The Morgan fingerprint density at radius 3 is 1.56 bits per heavy atom. The molecule has 3 aromatic carbocycles. The van der Waals surface area contributed by atoms with Gasteiger partial charge in [-0.3, -0.25) is 0 Å². The molecule has 3 aromatic rings. The van der Waals surface area contributed by atoms with Crippen LogP contribution < -0.4 is 10.6 Å². The minimum atomic E-state index is 0.677. The number of hydrogen-bond donors (Lipinski definition) is 2. The van der Waals surface area contributed by atoms with E-state index in [4.69, 9.17) is 5.26 Å². The molecule has 0 bridgehead atoms. The van der Waals surface area contributed by atoms with Gasteiger partial charge >= 0.3 is 0 Å². The molecular weight excluding hydrogens is 306 g/mol. The number of nitrogens with one attached hydrogen (secondary N) is 2. The van der Waals surface area contributed by atoms with Crippen LogP contribution in [0, 0.1) is 18.3 Å². The topological polar surface area (TPSA) is 47.8 Å². The van der Waals surface area contributed by atoms with E-state index in [-0.39, 0.29) is 0 Å². The zero-order valence-electron chi connectivity index (χ0n) is 14.3. The summed E-state index contributed by atoms with van der Waals surface area (Å²) in [4.78, 5) is 0. The number of benzene rings is 3. The number of nitrogens with zero attached hydrogens (tertiary/aromatic N) is 1. The highest BCUT2D eigenvalue weighted by molar-refractivity contribution is 5.48. The fourth-order valence-electron chi connectivity index (χ4n) is 2.52. The molecule has 0 saturated heterocycles. The predicted octanol–water partition coefficient (Wildman–Crippen LogP) is 5.09. The molecule has 3 rings (SSSR count). The molecule has 0 atom stereocenters. The van der Waals surface area contributed by atoms with Gasteiger partial charge in [0.1, 0.15) is 0 Å². The maximum absolute atomic E-state index is 8.82. The van der Waals surface area contributed by atoms with Crippen molar-refractivity contribution in [3.8, 4) is 6.07 Å². The summed E-state index contributed by atoms with van der Waals surface area (Å²) >= 11 is 0. The highest BCUT2D eigenvalue weighted by Gasteiger charge is 1.98. The van der Waals surface area contributed by atoms with Gasteiger partial charge in [-0.25, -0.2) is 0 Å². The van der Waals surface area contributed by atoms with Gasteiger partial charge in [-0.05, 0) is 54.4 Å². The lowest BCUT2D eigenvalue weighted by Gasteiger charge is -2.09. The third-order valence-electron chi connectivity index (χ3n) is 4.08. The summed E-state index contributed by atoms with van der Waals surface area (Å²) in [6, 6.07) is 26.6. The van der Waals surface area contributed by atoms with Crippen LogP contribution in [-0.4, -0.2) is 0 Å². The van der Waals surface area contributed by atoms with E-state index in [1.165, 1.54) is 16.7 Å². The fraction of sp³-hybridized carbons (Fsp3) is 0.136. The van der Waals surface area contributed by atoms with E-state index in [2.05, 4.69) is 72.2 Å². The molecular formula is C22H21N3. The second-order valence-corrected chi connectivity index (χ2v) is 6.08. The van der Waals surface area contributed by atoms with E-state index < -0.39 is 0 Å². The van der Waals surface area contributed by atoms with Crippen LogP contribution in [-0.2, 0) is 13.1 Å². The molecule has 0 spiro atoms. The minimum Gasteiger partial charge on any atom is -0.381 e. The molecule has 0 aliphatic carbocycles. The van der Waals surface area contributed by atoms with E-state index in [9.17, 15) is 0 Å². The Bertz CT molecular complexity index is 842. The Labute approximate surface area is 148 Å². The maximum atomic E-state index is 8.82. The van der Waals surface area contributed by atoms with Gasteiger partial charge < -0.3 is 10.6 Å². The molecule has 0 saturated carbocycles. The molecule has 124 valence electrons. The summed E-state index contributed by atoms with van der Waals surface area (Å²) in [6.45, 7) is 3.67. The van der Waals surface area contributed by atoms with Gasteiger partial charge in [-0.2, -0.15) is 5.26 Å². The van der Waals surface area contributed by atoms with Gasteiger partial charge in [0.05, 0.1) is 11.6 Å². The Hall–Kier alpha value is -3.25. The third kappa shape index (κ3) is 4.86. The molecule has 0 heterocycles. The van der Waals surface area contributed by atoms with Gasteiger partial charge in [-0.15, -0.1) is 0 Å². The minimum absolute atomic E-state index is 0.677. The summed E-state index contributed by atoms with van der Waals surface area (Å²) in [7, 11) is 0. The van der Waals surface area contributed by atoms with Crippen molar-refractivity contribution in [1.29, 1.82) is 5.26 Å². The van der Waals surface area contributed by atoms with Crippen LogP contribution >= 0.6 is 0 Å². The zero-order chi connectivity index (χ0) is 17.5. The Morgan fingerprint density at radius 1 is 0.680 bits per heavy atom. The van der Waals surface area contributed by atoms with Crippen molar-refractivity contribution in [3.63, 3.8) is 0 Å². The van der Waals surface area contributed by atoms with Crippen molar-refractivity contribution >= 4 is 11.4 Å². The van der Waals surface area contributed by atoms with Crippen LogP contribution in [0.4, 0.5) is 11.4 Å². The Balaban J connectivity index is 1.51.